The van der Waals surface area contributed by atoms with Crippen LogP contribution < -0.4 is 5.32 Å². The molecule has 0 saturated heterocycles. The summed E-state index contributed by atoms with van der Waals surface area (Å²) in [4.78, 5) is 3.91. The zero-order chi connectivity index (χ0) is 11.9. The van der Waals surface area contributed by atoms with Crippen molar-refractivity contribution in [1.29, 1.82) is 0 Å². The van der Waals surface area contributed by atoms with E-state index in [2.05, 4.69) is 10.3 Å². The van der Waals surface area contributed by atoms with Crippen LogP contribution in [0.1, 0.15) is 18.9 Å². The van der Waals surface area contributed by atoms with Crippen molar-refractivity contribution in [3.05, 3.63) is 30.1 Å². The summed E-state index contributed by atoms with van der Waals surface area (Å²) >= 11 is 0. The van der Waals surface area contributed by atoms with Crippen LogP contribution in [0.2, 0.25) is 0 Å². The number of hydrogen-bond acceptors (Lipinski definition) is 4. The molecule has 90 valence electrons. The summed E-state index contributed by atoms with van der Waals surface area (Å²) in [5.41, 5.74) is 1.11. The smallest absolute Gasteiger partial charge is 0.151 e. The number of nitrogens with zero attached hydrogens (tertiary/aromatic N) is 1. The van der Waals surface area contributed by atoms with Crippen LogP contribution in [0.5, 0.6) is 0 Å². The lowest BCUT2D eigenvalue weighted by Crippen LogP contribution is -2.24. The van der Waals surface area contributed by atoms with E-state index in [-0.39, 0.29) is 11.5 Å². The van der Waals surface area contributed by atoms with Crippen LogP contribution in [0.4, 0.5) is 0 Å². The number of rotatable bonds is 7. The van der Waals surface area contributed by atoms with Crippen LogP contribution >= 0.6 is 0 Å². The quantitative estimate of drug-likeness (QED) is 0.725. The summed E-state index contributed by atoms with van der Waals surface area (Å²) in [5, 5.41) is 3.11. The van der Waals surface area contributed by atoms with Crippen LogP contribution in [0.25, 0.3) is 0 Å². The molecule has 4 nitrogen and oxygen atoms in total. The average Bonchev–Trinajstić information content (AvgIpc) is 2.26. The second-order valence-electron chi connectivity index (χ2n) is 3.68. The van der Waals surface area contributed by atoms with Gasteiger partial charge in [-0.15, -0.1) is 0 Å². The molecule has 0 fully saturated rings. The molecule has 0 atom stereocenters. The van der Waals surface area contributed by atoms with Gasteiger partial charge >= 0.3 is 0 Å². The zero-order valence-electron chi connectivity index (χ0n) is 9.52. The summed E-state index contributed by atoms with van der Waals surface area (Å²) < 4.78 is 22.8. The Morgan fingerprint density at radius 1 is 1.25 bits per heavy atom. The third kappa shape index (κ3) is 5.23. The molecule has 16 heavy (non-hydrogen) atoms. The summed E-state index contributed by atoms with van der Waals surface area (Å²) in [5.74, 6) is 0.496. The molecule has 0 unspecified atom stereocenters. The second kappa shape index (κ2) is 6.60. The zero-order valence-corrected chi connectivity index (χ0v) is 10.3. The van der Waals surface area contributed by atoms with Gasteiger partial charge in [-0.3, -0.25) is 4.98 Å². The Kier molecular flexibility index (Phi) is 5.42. The normalized spacial score (nSPS) is 11.6. The van der Waals surface area contributed by atoms with Crippen molar-refractivity contribution >= 4 is 9.84 Å². The van der Waals surface area contributed by atoms with Crippen molar-refractivity contribution in [2.24, 2.45) is 0 Å². The maximum Gasteiger partial charge on any atom is 0.151 e. The van der Waals surface area contributed by atoms with Gasteiger partial charge in [-0.2, -0.15) is 0 Å². The molecular formula is C11H18N2O2S. The van der Waals surface area contributed by atoms with Gasteiger partial charge in [0.2, 0.25) is 0 Å². The van der Waals surface area contributed by atoms with Gasteiger partial charge in [0.05, 0.1) is 5.75 Å². The topological polar surface area (TPSA) is 59.1 Å². The lowest BCUT2D eigenvalue weighted by molar-refractivity contribution is 0.589. The lowest BCUT2D eigenvalue weighted by Gasteiger charge is -2.05. The Morgan fingerprint density at radius 3 is 2.56 bits per heavy atom. The van der Waals surface area contributed by atoms with E-state index in [1.54, 1.807) is 12.4 Å². The first-order valence-corrected chi connectivity index (χ1v) is 7.26. The first kappa shape index (κ1) is 13.1. The van der Waals surface area contributed by atoms with Gasteiger partial charge in [-0.25, -0.2) is 8.42 Å². The molecule has 0 saturated carbocycles. The number of pyridine rings is 1. The molecule has 0 amide bonds. The fraction of sp³-hybridized carbons (Fsp3) is 0.545. The minimum absolute atomic E-state index is 0.214. The van der Waals surface area contributed by atoms with Crippen molar-refractivity contribution in [2.45, 2.75) is 19.9 Å². The largest absolute Gasteiger partial charge is 0.312 e. The maximum absolute atomic E-state index is 11.4. The predicted octanol–water partition coefficient (Wildman–Crippen LogP) is 0.996. The highest BCUT2D eigenvalue weighted by molar-refractivity contribution is 7.91. The Morgan fingerprint density at radius 2 is 1.94 bits per heavy atom. The molecule has 0 aliphatic rings. The minimum Gasteiger partial charge on any atom is -0.312 e. The number of sulfone groups is 1. The third-order valence-electron chi connectivity index (χ3n) is 2.18. The highest BCUT2D eigenvalue weighted by Gasteiger charge is 2.07. The summed E-state index contributed by atoms with van der Waals surface area (Å²) in [6, 6.07) is 3.82. The second-order valence-corrected chi connectivity index (χ2v) is 5.99. The number of nitrogens with one attached hydrogen (secondary N) is 1. The summed E-state index contributed by atoms with van der Waals surface area (Å²) in [6.07, 6.45) is 4.14. The maximum atomic E-state index is 11.4. The van der Waals surface area contributed by atoms with Gasteiger partial charge in [-0.1, -0.05) is 6.92 Å². The fourth-order valence-electron chi connectivity index (χ4n) is 1.37. The van der Waals surface area contributed by atoms with E-state index in [0.29, 0.717) is 19.5 Å². The predicted molar refractivity (Wildman–Crippen MR) is 64.9 cm³/mol. The van der Waals surface area contributed by atoms with Crippen LogP contribution in [0.3, 0.4) is 0 Å². The highest BCUT2D eigenvalue weighted by atomic mass is 32.2. The minimum atomic E-state index is -2.86. The monoisotopic (exact) mass is 242 g/mol. The van der Waals surface area contributed by atoms with Crippen molar-refractivity contribution in [3.8, 4) is 0 Å². The van der Waals surface area contributed by atoms with E-state index in [1.807, 2.05) is 19.1 Å². The van der Waals surface area contributed by atoms with E-state index in [1.165, 1.54) is 0 Å². The van der Waals surface area contributed by atoms with Crippen LogP contribution in [-0.2, 0) is 16.4 Å². The van der Waals surface area contributed by atoms with Crippen LogP contribution in [0.15, 0.2) is 24.5 Å². The molecule has 0 aliphatic heterocycles. The molecule has 1 aromatic heterocycles. The average molecular weight is 242 g/mol. The first-order chi connectivity index (χ1) is 7.64. The van der Waals surface area contributed by atoms with E-state index in [4.69, 9.17) is 0 Å². The summed E-state index contributed by atoms with van der Waals surface area (Å²) in [7, 11) is -2.86. The Balaban J connectivity index is 2.22. The molecular weight excluding hydrogens is 224 g/mol. The molecule has 5 heteroatoms. The van der Waals surface area contributed by atoms with Crippen molar-refractivity contribution in [2.75, 3.05) is 18.1 Å². The van der Waals surface area contributed by atoms with E-state index < -0.39 is 9.84 Å². The van der Waals surface area contributed by atoms with Crippen LogP contribution in [-0.4, -0.2) is 31.5 Å². The SMILES string of the molecule is CCCS(=O)(=O)CCNCc1ccncc1. The summed E-state index contributed by atoms with van der Waals surface area (Å²) in [6.45, 7) is 3.07. The van der Waals surface area contributed by atoms with Gasteiger partial charge in [0.25, 0.3) is 0 Å². The first-order valence-electron chi connectivity index (χ1n) is 5.44. The molecule has 1 aromatic rings. The fourth-order valence-corrected chi connectivity index (χ4v) is 2.66. The Hall–Kier alpha value is -0.940. The molecule has 1 heterocycles. The Labute approximate surface area is 97.0 Å². The van der Waals surface area contributed by atoms with Gasteiger partial charge in [0.1, 0.15) is 0 Å². The van der Waals surface area contributed by atoms with E-state index in [0.717, 1.165) is 5.56 Å². The Bertz CT molecular complexity index is 390. The van der Waals surface area contributed by atoms with E-state index in [9.17, 15) is 8.42 Å². The molecule has 0 bridgehead atoms. The highest BCUT2D eigenvalue weighted by Crippen LogP contribution is 1.96. The van der Waals surface area contributed by atoms with Crippen molar-refractivity contribution in [1.82, 2.24) is 10.3 Å². The van der Waals surface area contributed by atoms with Gasteiger partial charge < -0.3 is 5.32 Å². The molecule has 0 aliphatic carbocycles. The molecule has 0 radical (unpaired) electrons. The molecule has 0 aromatic carbocycles. The van der Waals surface area contributed by atoms with Gasteiger partial charge in [-0.05, 0) is 24.1 Å². The van der Waals surface area contributed by atoms with Gasteiger partial charge in [0, 0.05) is 31.2 Å². The van der Waals surface area contributed by atoms with Crippen LogP contribution in [0, 0.1) is 0 Å². The lowest BCUT2D eigenvalue weighted by atomic mass is 10.3. The molecule has 1 N–H and O–H groups in total. The third-order valence-corrected chi connectivity index (χ3v) is 4.04. The standard InChI is InChI=1S/C11H18N2O2S/c1-2-8-16(14,15)9-7-13-10-11-3-5-12-6-4-11/h3-6,13H,2,7-10H2,1H3. The van der Waals surface area contributed by atoms with Crippen molar-refractivity contribution in [3.63, 3.8) is 0 Å². The molecule has 1 rings (SSSR count). The molecule has 0 spiro atoms. The number of aromatic nitrogens is 1. The van der Waals surface area contributed by atoms with Gasteiger partial charge in [0.15, 0.2) is 9.84 Å². The van der Waals surface area contributed by atoms with Crippen molar-refractivity contribution < 1.29 is 8.42 Å². The number of hydrogen-bond donors (Lipinski definition) is 1. The van der Waals surface area contributed by atoms with E-state index >= 15 is 0 Å².